The predicted molar refractivity (Wildman–Crippen MR) is 140 cm³/mol. The predicted octanol–water partition coefficient (Wildman–Crippen LogP) is 5.44. The van der Waals surface area contributed by atoms with Crippen molar-refractivity contribution in [2.75, 3.05) is 25.1 Å². The zero-order valence-electron chi connectivity index (χ0n) is 19.0. The summed E-state index contributed by atoms with van der Waals surface area (Å²) in [4.78, 5) is 39.8. The van der Waals surface area contributed by atoms with E-state index in [0.29, 0.717) is 30.4 Å². The fraction of sp³-hybridized carbons (Fsp3) is 0.107. The van der Waals surface area contributed by atoms with Crippen molar-refractivity contribution >= 4 is 62.1 Å². The maximum absolute atomic E-state index is 13.2. The van der Waals surface area contributed by atoms with Gasteiger partial charge in [-0.25, -0.2) is 0 Å². The van der Waals surface area contributed by atoms with Crippen LogP contribution in [0.2, 0.25) is 0 Å². The molecule has 6 rings (SSSR count). The Morgan fingerprint density at radius 2 is 1.56 bits per heavy atom. The molecule has 1 N–H and O–H groups in total. The minimum absolute atomic E-state index is 0.286. The molecular formula is C28H20N2O5S. The lowest BCUT2D eigenvalue weighted by atomic mass is 9.96. The molecule has 0 unspecified atom stereocenters. The van der Waals surface area contributed by atoms with E-state index >= 15 is 0 Å². The molecule has 3 amide bonds. The lowest BCUT2D eigenvalue weighted by Gasteiger charge is -2.19. The fourth-order valence-corrected chi connectivity index (χ4v) is 5.26. The standard InChI is InChI=1S/C28H20N2O5S/c31-26(29-19-9-10-23-24(14-19)35-12-11-34-23)16-30-27(32)25(36-28(30)33)15-22-20-7-3-1-5-17(20)13-18-6-2-4-8-21(18)22/h1-10,13-15H,11-12,16H2,(H,29,31)/b25-15-. The molecule has 4 aromatic rings. The third kappa shape index (κ3) is 4.05. The van der Waals surface area contributed by atoms with Gasteiger partial charge in [-0.3, -0.25) is 19.3 Å². The first-order valence-corrected chi connectivity index (χ1v) is 12.2. The van der Waals surface area contributed by atoms with Gasteiger partial charge in [-0.2, -0.15) is 0 Å². The van der Waals surface area contributed by atoms with Crippen molar-refractivity contribution in [2.45, 2.75) is 0 Å². The Bertz CT molecular complexity index is 1540. The molecule has 8 heteroatoms. The van der Waals surface area contributed by atoms with Crippen molar-refractivity contribution in [2.24, 2.45) is 0 Å². The number of fused-ring (bicyclic) bond motifs is 3. The van der Waals surface area contributed by atoms with Crippen LogP contribution >= 0.6 is 11.8 Å². The van der Waals surface area contributed by atoms with Crippen molar-refractivity contribution in [1.82, 2.24) is 4.90 Å². The summed E-state index contributed by atoms with van der Waals surface area (Å²) in [7, 11) is 0. The van der Waals surface area contributed by atoms with E-state index in [4.69, 9.17) is 9.47 Å². The molecule has 0 aromatic heterocycles. The first-order valence-electron chi connectivity index (χ1n) is 11.4. The van der Waals surface area contributed by atoms with Gasteiger partial charge in [-0.05, 0) is 63.1 Å². The second-order valence-corrected chi connectivity index (χ2v) is 9.40. The molecule has 0 radical (unpaired) electrons. The van der Waals surface area contributed by atoms with E-state index in [0.717, 1.165) is 43.8 Å². The summed E-state index contributed by atoms with van der Waals surface area (Å²) in [6, 6.07) is 23.0. The smallest absolute Gasteiger partial charge is 0.294 e. The Kier molecular flexibility index (Phi) is 5.58. The second kappa shape index (κ2) is 9.05. The lowest BCUT2D eigenvalue weighted by molar-refractivity contribution is -0.127. The fourth-order valence-electron chi connectivity index (χ4n) is 4.44. The third-order valence-electron chi connectivity index (χ3n) is 6.09. The Morgan fingerprint density at radius 1 is 0.889 bits per heavy atom. The first kappa shape index (κ1) is 22.2. The van der Waals surface area contributed by atoms with E-state index in [9.17, 15) is 14.4 Å². The first-order chi connectivity index (χ1) is 17.6. The van der Waals surface area contributed by atoms with Crippen LogP contribution in [0.15, 0.2) is 77.7 Å². The summed E-state index contributed by atoms with van der Waals surface area (Å²) < 4.78 is 11.0. The number of nitrogens with one attached hydrogen (secondary N) is 1. The number of ether oxygens (including phenoxy) is 2. The number of hydrogen-bond donors (Lipinski definition) is 1. The van der Waals surface area contributed by atoms with Crippen LogP contribution in [-0.2, 0) is 9.59 Å². The van der Waals surface area contributed by atoms with E-state index in [1.165, 1.54) is 0 Å². The van der Waals surface area contributed by atoms with E-state index in [1.807, 2.05) is 48.5 Å². The zero-order chi connectivity index (χ0) is 24.6. The van der Waals surface area contributed by atoms with E-state index in [2.05, 4.69) is 11.4 Å². The van der Waals surface area contributed by atoms with Gasteiger partial charge >= 0.3 is 0 Å². The molecule has 2 aliphatic heterocycles. The van der Waals surface area contributed by atoms with Gasteiger partial charge in [0, 0.05) is 11.8 Å². The van der Waals surface area contributed by atoms with Crippen molar-refractivity contribution in [3.63, 3.8) is 0 Å². The minimum Gasteiger partial charge on any atom is -0.486 e. The molecule has 0 aliphatic carbocycles. The highest BCUT2D eigenvalue weighted by atomic mass is 32.2. The van der Waals surface area contributed by atoms with Crippen LogP contribution in [0.1, 0.15) is 5.56 Å². The van der Waals surface area contributed by atoms with Crippen LogP contribution in [-0.4, -0.2) is 41.7 Å². The van der Waals surface area contributed by atoms with Crippen LogP contribution < -0.4 is 14.8 Å². The summed E-state index contributed by atoms with van der Waals surface area (Å²) in [6.07, 6.45) is 1.76. The highest BCUT2D eigenvalue weighted by molar-refractivity contribution is 8.18. The summed E-state index contributed by atoms with van der Waals surface area (Å²) in [5.41, 5.74) is 1.36. The van der Waals surface area contributed by atoms with Gasteiger partial charge in [-0.1, -0.05) is 48.5 Å². The van der Waals surface area contributed by atoms with E-state index in [-0.39, 0.29) is 11.4 Å². The minimum atomic E-state index is -0.487. The molecule has 1 fully saturated rings. The maximum atomic E-state index is 13.2. The quantitative estimate of drug-likeness (QED) is 0.299. The van der Waals surface area contributed by atoms with Crippen LogP contribution in [0, 0.1) is 0 Å². The topological polar surface area (TPSA) is 84.9 Å². The zero-order valence-corrected chi connectivity index (χ0v) is 19.8. The molecular weight excluding hydrogens is 476 g/mol. The number of benzene rings is 4. The number of imide groups is 1. The van der Waals surface area contributed by atoms with Gasteiger partial charge in [0.2, 0.25) is 5.91 Å². The van der Waals surface area contributed by atoms with Crippen molar-refractivity contribution in [3.8, 4) is 11.5 Å². The molecule has 0 atom stereocenters. The molecule has 0 saturated carbocycles. The molecule has 4 aromatic carbocycles. The van der Waals surface area contributed by atoms with E-state index in [1.54, 1.807) is 24.3 Å². The van der Waals surface area contributed by atoms with Crippen LogP contribution in [0.3, 0.4) is 0 Å². The number of rotatable bonds is 4. The van der Waals surface area contributed by atoms with Crippen LogP contribution in [0.4, 0.5) is 10.5 Å². The van der Waals surface area contributed by atoms with Crippen LogP contribution in [0.5, 0.6) is 11.5 Å². The largest absolute Gasteiger partial charge is 0.486 e. The van der Waals surface area contributed by atoms with Crippen molar-refractivity contribution < 1.29 is 23.9 Å². The Morgan fingerprint density at radius 3 is 2.28 bits per heavy atom. The average Bonchev–Trinajstić information content (AvgIpc) is 3.15. The Balaban J connectivity index is 1.26. The summed E-state index contributed by atoms with van der Waals surface area (Å²) in [5, 5.41) is 6.30. The monoisotopic (exact) mass is 496 g/mol. The van der Waals surface area contributed by atoms with E-state index < -0.39 is 17.1 Å². The van der Waals surface area contributed by atoms with Crippen molar-refractivity contribution in [1.29, 1.82) is 0 Å². The third-order valence-corrected chi connectivity index (χ3v) is 7.00. The molecule has 36 heavy (non-hydrogen) atoms. The number of nitrogens with zero attached hydrogens (tertiary/aromatic N) is 1. The SMILES string of the molecule is O=C(CN1C(=O)S/C(=C\c2c3ccccc3cc3ccccc23)C1=O)Nc1ccc2c(c1)OCCO2. The average molecular weight is 497 g/mol. The van der Waals surface area contributed by atoms with Gasteiger partial charge < -0.3 is 14.8 Å². The molecule has 0 bridgehead atoms. The number of carbonyl (C=O) groups is 3. The number of hydrogen-bond acceptors (Lipinski definition) is 6. The Labute approximate surface area is 210 Å². The number of amides is 3. The summed E-state index contributed by atoms with van der Waals surface area (Å²) >= 11 is 0.843. The number of anilines is 1. The van der Waals surface area contributed by atoms with Crippen molar-refractivity contribution in [3.05, 3.63) is 83.3 Å². The van der Waals surface area contributed by atoms with Gasteiger partial charge in [0.15, 0.2) is 11.5 Å². The Hall–Kier alpha value is -4.30. The normalized spacial score (nSPS) is 16.2. The molecule has 7 nitrogen and oxygen atoms in total. The molecule has 2 aliphatic rings. The highest BCUT2D eigenvalue weighted by Crippen LogP contribution is 2.37. The highest BCUT2D eigenvalue weighted by Gasteiger charge is 2.36. The molecule has 1 saturated heterocycles. The van der Waals surface area contributed by atoms with Gasteiger partial charge in [0.25, 0.3) is 11.1 Å². The van der Waals surface area contributed by atoms with Gasteiger partial charge in [-0.15, -0.1) is 0 Å². The summed E-state index contributed by atoms with van der Waals surface area (Å²) in [6.45, 7) is 0.520. The van der Waals surface area contributed by atoms with Crippen LogP contribution in [0.25, 0.3) is 27.6 Å². The molecule has 178 valence electrons. The second-order valence-electron chi connectivity index (χ2n) is 8.41. The number of thioether (sulfide) groups is 1. The lowest BCUT2D eigenvalue weighted by Crippen LogP contribution is -2.36. The molecule has 2 heterocycles. The van der Waals surface area contributed by atoms with Gasteiger partial charge in [0.05, 0.1) is 4.91 Å². The maximum Gasteiger partial charge on any atom is 0.294 e. The number of carbonyl (C=O) groups excluding carboxylic acids is 3. The van der Waals surface area contributed by atoms with Gasteiger partial charge in [0.1, 0.15) is 19.8 Å². The molecule has 0 spiro atoms. The summed E-state index contributed by atoms with van der Waals surface area (Å²) in [5.74, 6) is 0.178.